The number of carbonyl (C=O) groups is 4. The Kier molecular flexibility index (Phi) is 6.94. The molecule has 1 N–H and O–H groups in total. The van der Waals surface area contributed by atoms with Gasteiger partial charge in [0.1, 0.15) is 0 Å². The number of fused-ring (bicyclic) bond motifs is 4. The molecule has 43 heavy (non-hydrogen) atoms. The van der Waals surface area contributed by atoms with Gasteiger partial charge in [-0.1, -0.05) is 49.1 Å². The largest absolute Gasteiger partial charge is 0.504 e. The summed E-state index contributed by atoms with van der Waals surface area (Å²) < 4.78 is 6.08. The van der Waals surface area contributed by atoms with Gasteiger partial charge < -0.3 is 9.84 Å². The molecule has 2 heterocycles. The number of amides is 4. The number of carbonyl (C=O) groups excluding carboxylic acids is 4. The molecule has 2 aromatic carbocycles. The number of imide groups is 2. The van der Waals surface area contributed by atoms with Crippen molar-refractivity contribution in [2.75, 3.05) is 12.0 Å². The second-order valence-electron chi connectivity index (χ2n) is 12.9. The molecule has 6 unspecified atom stereocenters. The molecule has 0 spiro atoms. The number of hydrogen-bond acceptors (Lipinski definition) is 6. The van der Waals surface area contributed by atoms with E-state index in [0.29, 0.717) is 22.1 Å². The van der Waals surface area contributed by atoms with E-state index in [2.05, 4.69) is 28.7 Å². The summed E-state index contributed by atoms with van der Waals surface area (Å²) in [7, 11) is 1.48. The van der Waals surface area contributed by atoms with Gasteiger partial charge in [0.15, 0.2) is 11.5 Å². The third-order valence-corrected chi connectivity index (χ3v) is 11.7. The van der Waals surface area contributed by atoms with Crippen molar-refractivity contribution in [2.24, 2.45) is 29.1 Å². The molecule has 4 fully saturated rings. The van der Waals surface area contributed by atoms with Crippen LogP contribution in [0.1, 0.15) is 63.4 Å². The molecule has 6 atom stereocenters. The number of allylic oxidation sites excluding steroid dienone is 2. The molecule has 8 nitrogen and oxygen atoms in total. The molecule has 2 saturated heterocycles. The van der Waals surface area contributed by atoms with Crippen LogP contribution in [0.4, 0.5) is 5.69 Å². The normalized spacial score (nSPS) is 32.4. The first-order valence-electron chi connectivity index (χ1n) is 15.2. The summed E-state index contributed by atoms with van der Waals surface area (Å²) >= 11 is 2.05. The Morgan fingerprint density at radius 1 is 0.953 bits per heavy atom. The first kappa shape index (κ1) is 28.6. The zero-order valence-electron chi connectivity index (χ0n) is 24.3. The number of hydrogen-bond donors (Lipinski definition) is 1. The maximum atomic E-state index is 14.5. The van der Waals surface area contributed by atoms with Gasteiger partial charge in [0.2, 0.25) is 23.6 Å². The number of halogens is 1. The number of phenolic OH excluding ortho intramolecular Hbond substituents is 1. The lowest BCUT2D eigenvalue weighted by molar-refractivity contribution is -0.144. The Balaban J connectivity index is 1.37. The van der Waals surface area contributed by atoms with Crippen molar-refractivity contribution >= 4 is 51.9 Å². The minimum atomic E-state index is -1.14. The molecule has 2 aromatic rings. The van der Waals surface area contributed by atoms with E-state index in [-0.39, 0.29) is 47.1 Å². The summed E-state index contributed by atoms with van der Waals surface area (Å²) in [5, 5.41) is 10.7. The minimum absolute atomic E-state index is 0.0121. The quantitative estimate of drug-likeness (QED) is 0.255. The van der Waals surface area contributed by atoms with Crippen LogP contribution in [0.5, 0.6) is 11.5 Å². The van der Waals surface area contributed by atoms with Crippen LogP contribution in [0.3, 0.4) is 0 Å². The maximum absolute atomic E-state index is 14.5. The van der Waals surface area contributed by atoms with E-state index in [1.54, 1.807) is 35.2 Å². The van der Waals surface area contributed by atoms with Crippen molar-refractivity contribution in [3.63, 3.8) is 0 Å². The van der Waals surface area contributed by atoms with E-state index in [9.17, 15) is 24.3 Å². The van der Waals surface area contributed by atoms with Gasteiger partial charge in [-0.3, -0.25) is 24.1 Å². The van der Waals surface area contributed by atoms with Gasteiger partial charge in [-0.15, -0.1) is 0 Å². The summed E-state index contributed by atoms with van der Waals surface area (Å²) in [6.07, 6.45) is 7.67. The number of ether oxygens (including phenoxy) is 1. The molecule has 0 bridgehead atoms. The van der Waals surface area contributed by atoms with Gasteiger partial charge in [0.25, 0.3) is 0 Å². The standard InChI is InChI=1S/C34H35IN2O6/c1-34-24(31(40)37(33(34)42)20-11-7-4-8-12-20)17-23-21(28(34)18-15-25(35)29(38)26(16-18)43-2)13-14-22-27(23)32(41)36(30(22)39)19-9-5-3-6-10-19/h4,7-8,11-13,15-16,19,22-24,27-28,38H,3,5-6,9-10,14,17H2,1-2H3. The number of para-hydroxylation sites is 1. The van der Waals surface area contributed by atoms with Crippen molar-refractivity contribution in [3.05, 3.63) is 63.2 Å². The summed E-state index contributed by atoms with van der Waals surface area (Å²) in [6.45, 7) is 1.87. The molecule has 7 rings (SSSR count). The molecule has 5 aliphatic rings. The van der Waals surface area contributed by atoms with Gasteiger partial charge in [-0.25, -0.2) is 4.90 Å². The number of phenols is 1. The predicted molar refractivity (Wildman–Crippen MR) is 167 cm³/mol. The van der Waals surface area contributed by atoms with Crippen LogP contribution in [0, 0.1) is 32.7 Å². The zero-order chi connectivity index (χ0) is 30.2. The fourth-order valence-corrected chi connectivity index (χ4v) is 9.48. The second-order valence-corrected chi connectivity index (χ2v) is 14.1. The second kappa shape index (κ2) is 10.5. The van der Waals surface area contributed by atoms with Crippen molar-refractivity contribution in [1.29, 1.82) is 0 Å². The lowest BCUT2D eigenvalue weighted by Gasteiger charge is -2.49. The number of methoxy groups -OCH3 is 1. The highest BCUT2D eigenvalue weighted by molar-refractivity contribution is 14.1. The van der Waals surface area contributed by atoms with E-state index in [1.807, 2.05) is 19.1 Å². The smallest absolute Gasteiger partial charge is 0.241 e. The lowest BCUT2D eigenvalue weighted by atomic mass is 9.51. The summed E-state index contributed by atoms with van der Waals surface area (Å²) in [4.78, 5) is 59.6. The minimum Gasteiger partial charge on any atom is -0.504 e. The third kappa shape index (κ3) is 4.05. The van der Waals surface area contributed by atoms with Crippen LogP contribution < -0.4 is 9.64 Å². The van der Waals surface area contributed by atoms with Crippen LogP contribution in [0.25, 0.3) is 0 Å². The summed E-state index contributed by atoms with van der Waals surface area (Å²) in [6, 6.07) is 12.5. The number of nitrogens with zero attached hydrogens (tertiary/aromatic N) is 2. The van der Waals surface area contributed by atoms with E-state index in [1.165, 1.54) is 12.0 Å². The van der Waals surface area contributed by atoms with Crippen LogP contribution >= 0.6 is 22.6 Å². The van der Waals surface area contributed by atoms with Crippen molar-refractivity contribution in [3.8, 4) is 11.5 Å². The van der Waals surface area contributed by atoms with Crippen LogP contribution in [-0.4, -0.2) is 46.8 Å². The Morgan fingerprint density at radius 2 is 1.67 bits per heavy atom. The van der Waals surface area contributed by atoms with Crippen molar-refractivity contribution in [2.45, 2.75) is 63.8 Å². The van der Waals surface area contributed by atoms with E-state index >= 15 is 0 Å². The highest BCUT2D eigenvalue weighted by Gasteiger charge is 2.67. The zero-order valence-corrected chi connectivity index (χ0v) is 26.5. The first-order chi connectivity index (χ1) is 20.7. The molecule has 2 aliphatic heterocycles. The van der Waals surface area contributed by atoms with E-state index in [0.717, 1.165) is 43.2 Å². The Hall–Kier alpha value is -3.21. The number of aromatic hydroxyl groups is 1. The fraction of sp³-hybridized carbons (Fsp3) is 0.471. The fourth-order valence-electron chi connectivity index (χ4n) is 8.86. The predicted octanol–water partition coefficient (Wildman–Crippen LogP) is 5.57. The van der Waals surface area contributed by atoms with Gasteiger partial charge in [-0.2, -0.15) is 0 Å². The number of benzene rings is 2. The molecule has 0 radical (unpaired) electrons. The van der Waals surface area contributed by atoms with E-state index in [4.69, 9.17) is 4.74 Å². The highest BCUT2D eigenvalue weighted by Crippen LogP contribution is 2.64. The topological polar surface area (TPSA) is 104 Å². The van der Waals surface area contributed by atoms with Crippen molar-refractivity contribution in [1.82, 2.24) is 4.90 Å². The monoisotopic (exact) mass is 694 g/mol. The van der Waals surface area contributed by atoms with Gasteiger partial charge >= 0.3 is 0 Å². The molecule has 0 aromatic heterocycles. The van der Waals surface area contributed by atoms with Crippen molar-refractivity contribution < 1.29 is 29.0 Å². The Morgan fingerprint density at radius 3 is 2.37 bits per heavy atom. The summed E-state index contributed by atoms with van der Waals surface area (Å²) in [5.41, 5.74) is 1.07. The highest BCUT2D eigenvalue weighted by atomic mass is 127. The molecular formula is C34H35IN2O6. The van der Waals surface area contributed by atoms with Crippen LogP contribution in [0.15, 0.2) is 54.1 Å². The van der Waals surface area contributed by atoms with E-state index < -0.39 is 29.1 Å². The lowest BCUT2D eigenvalue weighted by Crippen LogP contribution is -2.49. The maximum Gasteiger partial charge on any atom is 0.241 e. The number of rotatable bonds is 4. The van der Waals surface area contributed by atoms with Crippen LogP contribution in [0.2, 0.25) is 0 Å². The van der Waals surface area contributed by atoms with Gasteiger partial charge in [-0.05, 0) is 90.9 Å². The number of anilines is 1. The molecule has 2 saturated carbocycles. The Bertz CT molecular complexity index is 1570. The Labute approximate surface area is 264 Å². The molecular weight excluding hydrogens is 659 g/mol. The SMILES string of the molecule is COc1cc(C2C3=CCC4C(=O)N(C5CCCCC5)C(=O)C4C3CC3C(=O)N(c4ccccc4)C(=O)C32C)cc(I)c1O. The average Bonchev–Trinajstić information content (AvgIpc) is 3.38. The third-order valence-electron chi connectivity index (χ3n) is 10.9. The molecule has 9 heteroatoms. The van der Waals surface area contributed by atoms with Gasteiger partial charge in [0.05, 0.1) is 39.5 Å². The molecule has 224 valence electrons. The number of likely N-dealkylation sites (tertiary alicyclic amines) is 1. The molecule has 3 aliphatic carbocycles. The molecule has 4 amide bonds. The van der Waals surface area contributed by atoms with Crippen LogP contribution in [-0.2, 0) is 19.2 Å². The first-order valence-corrected chi connectivity index (χ1v) is 16.3. The van der Waals surface area contributed by atoms with Gasteiger partial charge in [0, 0.05) is 12.0 Å². The average molecular weight is 695 g/mol. The summed E-state index contributed by atoms with van der Waals surface area (Å²) in [5.74, 6) is -3.02.